The highest BCUT2D eigenvalue weighted by Crippen LogP contribution is 2.33. The molecule has 1 N–H and O–H groups in total. The Morgan fingerprint density at radius 1 is 1.53 bits per heavy atom. The largest absolute Gasteiger partial charge is 0.312 e. The predicted molar refractivity (Wildman–Crippen MR) is 67.9 cm³/mol. The van der Waals surface area contributed by atoms with Crippen LogP contribution in [0.3, 0.4) is 0 Å². The third kappa shape index (κ3) is 2.39. The lowest BCUT2D eigenvalue weighted by atomic mass is 10.3. The molecule has 2 aromatic heterocycles. The topological polar surface area (TPSA) is 24.9 Å². The van der Waals surface area contributed by atoms with Gasteiger partial charge in [0, 0.05) is 22.5 Å². The quantitative estimate of drug-likeness (QED) is 0.906. The SMILES string of the molecule is CNC(C)c1cnc(-c2cc(Cl)cs2)s1. The van der Waals surface area contributed by atoms with Crippen LogP contribution in [-0.2, 0) is 0 Å². The molecule has 15 heavy (non-hydrogen) atoms. The zero-order chi connectivity index (χ0) is 10.8. The third-order valence-electron chi connectivity index (χ3n) is 2.16. The van der Waals surface area contributed by atoms with E-state index in [-0.39, 0.29) is 0 Å². The van der Waals surface area contributed by atoms with E-state index in [1.165, 1.54) is 4.88 Å². The Labute approximate surface area is 102 Å². The van der Waals surface area contributed by atoms with Crippen molar-refractivity contribution in [1.29, 1.82) is 0 Å². The fraction of sp³-hybridized carbons (Fsp3) is 0.300. The number of halogens is 1. The summed E-state index contributed by atoms with van der Waals surface area (Å²) in [6, 6.07) is 2.31. The average Bonchev–Trinajstić information content (AvgIpc) is 2.84. The minimum Gasteiger partial charge on any atom is -0.312 e. The first-order valence-electron chi connectivity index (χ1n) is 4.58. The molecule has 0 aliphatic carbocycles. The lowest BCUT2D eigenvalue weighted by Crippen LogP contribution is -2.10. The molecule has 0 aromatic carbocycles. The molecule has 5 heteroatoms. The minimum absolute atomic E-state index is 0.353. The van der Waals surface area contributed by atoms with Crippen LogP contribution >= 0.6 is 34.3 Å². The van der Waals surface area contributed by atoms with Crippen molar-refractivity contribution in [3.63, 3.8) is 0 Å². The zero-order valence-electron chi connectivity index (χ0n) is 8.45. The second kappa shape index (κ2) is 4.61. The van der Waals surface area contributed by atoms with E-state index >= 15 is 0 Å². The number of aromatic nitrogens is 1. The highest BCUT2D eigenvalue weighted by atomic mass is 35.5. The summed E-state index contributed by atoms with van der Waals surface area (Å²) in [6.45, 7) is 2.12. The normalized spacial score (nSPS) is 13.0. The van der Waals surface area contributed by atoms with E-state index in [4.69, 9.17) is 11.6 Å². The number of nitrogens with one attached hydrogen (secondary N) is 1. The van der Waals surface area contributed by atoms with Crippen molar-refractivity contribution in [2.75, 3.05) is 7.05 Å². The second-order valence-corrected chi connectivity index (χ2v) is 5.62. The average molecular weight is 259 g/mol. The van der Waals surface area contributed by atoms with E-state index in [1.54, 1.807) is 22.7 Å². The summed E-state index contributed by atoms with van der Waals surface area (Å²) < 4.78 is 0. The smallest absolute Gasteiger partial charge is 0.133 e. The van der Waals surface area contributed by atoms with Crippen molar-refractivity contribution in [2.45, 2.75) is 13.0 Å². The Balaban J connectivity index is 2.27. The van der Waals surface area contributed by atoms with Gasteiger partial charge in [0.1, 0.15) is 5.01 Å². The number of thiophene rings is 1. The Bertz CT molecular complexity index is 450. The van der Waals surface area contributed by atoms with E-state index < -0.39 is 0 Å². The van der Waals surface area contributed by atoms with Gasteiger partial charge < -0.3 is 5.32 Å². The van der Waals surface area contributed by atoms with Gasteiger partial charge in [-0.05, 0) is 20.0 Å². The molecule has 2 heterocycles. The summed E-state index contributed by atoms with van der Waals surface area (Å²) in [5.74, 6) is 0. The molecular weight excluding hydrogens is 248 g/mol. The highest BCUT2D eigenvalue weighted by molar-refractivity contribution is 7.21. The molecule has 0 spiro atoms. The van der Waals surface area contributed by atoms with Gasteiger partial charge in [-0.25, -0.2) is 4.98 Å². The first kappa shape index (κ1) is 11.1. The van der Waals surface area contributed by atoms with Crippen molar-refractivity contribution in [3.8, 4) is 9.88 Å². The molecule has 0 radical (unpaired) electrons. The van der Waals surface area contributed by atoms with Gasteiger partial charge in [-0.15, -0.1) is 22.7 Å². The van der Waals surface area contributed by atoms with E-state index in [2.05, 4.69) is 17.2 Å². The van der Waals surface area contributed by atoms with E-state index in [1.807, 2.05) is 24.7 Å². The molecule has 2 rings (SSSR count). The summed E-state index contributed by atoms with van der Waals surface area (Å²) in [4.78, 5) is 6.78. The van der Waals surface area contributed by atoms with Crippen LogP contribution in [0, 0.1) is 0 Å². The van der Waals surface area contributed by atoms with E-state index in [0.29, 0.717) is 6.04 Å². The second-order valence-electron chi connectivity index (χ2n) is 3.21. The van der Waals surface area contributed by atoms with Crippen molar-refractivity contribution < 1.29 is 0 Å². The van der Waals surface area contributed by atoms with Gasteiger partial charge in [-0.1, -0.05) is 11.6 Å². The molecule has 2 nitrogen and oxygen atoms in total. The summed E-state index contributed by atoms with van der Waals surface area (Å²) in [6.07, 6.45) is 1.93. The Morgan fingerprint density at radius 3 is 2.93 bits per heavy atom. The number of hydrogen-bond acceptors (Lipinski definition) is 4. The van der Waals surface area contributed by atoms with Crippen LogP contribution in [-0.4, -0.2) is 12.0 Å². The van der Waals surface area contributed by atoms with Crippen molar-refractivity contribution >= 4 is 34.3 Å². The summed E-state index contributed by atoms with van der Waals surface area (Å²) in [5, 5.41) is 6.96. The predicted octanol–water partition coefficient (Wildman–Crippen LogP) is 3.81. The van der Waals surface area contributed by atoms with Crippen LogP contribution in [0.5, 0.6) is 0 Å². The van der Waals surface area contributed by atoms with Gasteiger partial charge in [-0.2, -0.15) is 0 Å². The lowest BCUT2D eigenvalue weighted by molar-refractivity contribution is 0.662. The van der Waals surface area contributed by atoms with Crippen LogP contribution in [0.25, 0.3) is 9.88 Å². The number of rotatable bonds is 3. The minimum atomic E-state index is 0.353. The summed E-state index contributed by atoms with van der Waals surface area (Å²) in [5.41, 5.74) is 0. The first-order chi connectivity index (χ1) is 7.20. The lowest BCUT2D eigenvalue weighted by Gasteiger charge is -2.04. The molecule has 1 atom stereocenters. The molecule has 0 aliphatic heterocycles. The molecule has 0 saturated heterocycles. The molecule has 0 amide bonds. The van der Waals surface area contributed by atoms with Gasteiger partial charge in [0.15, 0.2) is 0 Å². The summed E-state index contributed by atoms with van der Waals surface area (Å²) in [7, 11) is 1.95. The molecule has 2 aromatic rings. The van der Waals surface area contributed by atoms with Gasteiger partial charge >= 0.3 is 0 Å². The maximum atomic E-state index is 5.88. The number of hydrogen-bond donors (Lipinski definition) is 1. The molecule has 0 bridgehead atoms. The number of nitrogens with zero attached hydrogens (tertiary/aromatic N) is 1. The maximum Gasteiger partial charge on any atom is 0.133 e. The molecular formula is C10H11ClN2S2. The molecule has 0 fully saturated rings. The van der Waals surface area contributed by atoms with Crippen LogP contribution in [0.4, 0.5) is 0 Å². The standard InChI is InChI=1S/C10H11ClN2S2/c1-6(12-2)9-4-13-10(15-9)8-3-7(11)5-14-8/h3-6,12H,1-2H3. The molecule has 80 valence electrons. The first-order valence-corrected chi connectivity index (χ1v) is 6.65. The van der Waals surface area contributed by atoms with Crippen LogP contribution < -0.4 is 5.32 Å². The van der Waals surface area contributed by atoms with Gasteiger partial charge in [0.2, 0.25) is 0 Å². The van der Waals surface area contributed by atoms with Gasteiger partial charge in [0.05, 0.1) is 9.90 Å². The van der Waals surface area contributed by atoms with Crippen molar-refractivity contribution in [1.82, 2.24) is 10.3 Å². The summed E-state index contributed by atoms with van der Waals surface area (Å²) >= 11 is 9.22. The van der Waals surface area contributed by atoms with Crippen LogP contribution in [0.1, 0.15) is 17.8 Å². The maximum absolute atomic E-state index is 5.88. The fourth-order valence-corrected chi connectivity index (χ4v) is 3.29. The van der Waals surface area contributed by atoms with Gasteiger partial charge in [0.25, 0.3) is 0 Å². The Hall–Kier alpha value is -0.420. The molecule has 1 unspecified atom stereocenters. The van der Waals surface area contributed by atoms with Crippen LogP contribution in [0.15, 0.2) is 17.6 Å². The third-order valence-corrected chi connectivity index (χ3v) is 4.79. The van der Waals surface area contributed by atoms with Crippen LogP contribution in [0.2, 0.25) is 5.02 Å². The molecule has 0 aliphatic rings. The Kier molecular flexibility index (Phi) is 3.41. The Morgan fingerprint density at radius 2 is 2.33 bits per heavy atom. The highest BCUT2D eigenvalue weighted by Gasteiger charge is 2.10. The van der Waals surface area contributed by atoms with E-state index in [9.17, 15) is 0 Å². The fourth-order valence-electron chi connectivity index (χ4n) is 1.17. The van der Waals surface area contributed by atoms with Gasteiger partial charge in [-0.3, -0.25) is 0 Å². The van der Waals surface area contributed by atoms with Crippen molar-refractivity contribution in [3.05, 3.63) is 27.5 Å². The van der Waals surface area contributed by atoms with E-state index in [0.717, 1.165) is 14.9 Å². The molecule has 0 saturated carbocycles. The zero-order valence-corrected chi connectivity index (χ0v) is 10.8. The monoisotopic (exact) mass is 258 g/mol. The van der Waals surface area contributed by atoms with Crippen molar-refractivity contribution in [2.24, 2.45) is 0 Å². The number of thiazole rings is 1.